The van der Waals surface area contributed by atoms with E-state index in [1.54, 1.807) is 0 Å². The van der Waals surface area contributed by atoms with Crippen molar-refractivity contribution in [3.8, 4) is 0 Å². The van der Waals surface area contributed by atoms with E-state index >= 15 is 0 Å². The van der Waals surface area contributed by atoms with Crippen molar-refractivity contribution in [2.45, 2.75) is 99.2 Å². The van der Waals surface area contributed by atoms with Gasteiger partial charge in [-0.15, -0.1) is 0 Å². The molecule has 3 nitrogen and oxygen atoms in total. The summed E-state index contributed by atoms with van der Waals surface area (Å²) in [6.45, 7) is 26.6. The number of hydrogen-bond acceptors (Lipinski definition) is 3. The molecular weight excluding hydrogens is 330 g/mol. The van der Waals surface area contributed by atoms with Gasteiger partial charge in [-0.3, -0.25) is 4.90 Å². The lowest BCUT2D eigenvalue weighted by Gasteiger charge is -2.56. The quantitative estimate of drug-likeness (QED) is 0.683. The van der Waals surface area contributed by atoms with E-state index in [4.69, 9.17) is 0 Å². The summed E-state index contributed by atoms with van der Waals surface area (Å²) in [5.41, 5.74) is 0.704. The fourth-order valence-corrected chi connectivity index (χ4v) is 5.11. The first-order valence-electron chi connectivity index (χ1n) is 11.9. The van der Waals surface area contributed by atoms with Crippen LogP contribution in [0.4, 0.5) is 0 Å². The molecule has 0 aromatic rings. The van der Waals surface area contributed by atoms with E-state index < -0.39 is 0 Å². The summed E-state index contributed by atoms with van der Waals surface area (Å²) < 4.78 is 0. The SMILES string of the molecule is CC(C)C1CCN(C(C)C)CC1.CC(C)N1CCC2(CC1)CN(C(C)C)C2. The Kier molecular flexibility index (Phi) is 8.64. The minimum absolute atomic E-state index is 0.704. The van der Waals surface area contributed by atoms with E-state index in [0.717, 1.165) is 30.0 Å². The van der Waals surface area contributed by atoms with Gasteiger partial charge in [-0.2, -0.15) is 0 Å². The Hall–Kier alpha value is -0.120. The summed E-state index contributed by atoms with van der Waals surface area (Å²) in [5.74, 6) is 1.87. The normalized spacial score (nSPS) is 25.3. The summed E-state index contributed by atoms with van der Waals surface area (Å²) in [4.78, 5) is 7.84. The fraction of sp³-hybridized carbons (Fsp3) is 1.00. The number of hydrogen-bond donors (Lipinski definition) is 0. The van der Waals surface area contributed by atoms with Gasteiger partial charge in [-0.1, -0.05) is 13.8 Å². The lowest BCUT2D eigenvalue weighted by molar-refractivity contribution is -0.0662. The van der Waals surface area contributed by atoms with E-state index in [1.807, 2.05) is 0 Å². The van der Waals surface area contributed by atoms with E-state index in [-0.39, 0.29) is 0 Å². The summed E-state index contributed by atoms with van der Waals surface area (Å²) in [6, 6.07) is 2.24. The topological polar surface area (TPSA) is 9.72 Å². The summed E-state index contributed by atoms with van der Waals surface area (Å²) in [7, 11) is 0. The molecule has 0 aromatic heterocycles. The third-order valence-electron chi connectivity index (χ3n) is 7.64. The van der Waals surface area contributed by atoms with Crippen LogP contribution in [0.3, 0.4) is 0 Å². The van der Waals surface area contributed by atoms with Crippen molar-refractivity contribution in [2.24, 2.45) is 17.3 Å². The first-order chi connectivity index (χ1) is 12.6. The smallest absolute Gasteiger partial charge is 0.00541 e. The number of likely N-dealkylation sites (tertiary alicyclic amines) is 3. The van der Waals surface area contributed by atoms with E-state index in [0.29, 0.717) is 5.41 Å². The summed E-state index contributed by atoms with van der Waals surface area (Å²) in [6.07, 6.45) is 5.68. The van der Waals surface area contributed by atoms with E-state index in [2.05, 4.69) is 70.1 Å². The molecule has 0 atom stereocenters. The standard InChI is InChI=1S/C13H26N2.C11H23N/c1-11(2)14-7-5-13(6-8-14)9-15(10-13)12(3)4;1-9(2)11-5-7-12(8-6-11)10(3)4/h11-12H,5-10H2,1-4H3;9-11H,5-8H2,1-4H3. The maximum absolute atomic E-state index is 2.63. The molecule has 3 aliphatic heterocycles. The Labute approximate surface area is 170 Å². The van der Waals surface area contributed by atoms with Gasteiger partial charge < -0.3 is 9.80 Å². The van der Waals surface area contributed by atoms with Gasteiger partial charge in [0.15, 0.2) is 0 Å². The molecule has 0 aromatic carbocycles. The molecule has 0 N–H and O–H groups in total. The molecule has 3 aliphatic rings. The summed E-state index contributed by atoms with van der Waals surface area (Å²) >= 11 is 0. The van der Waals surface area contributed by atoms with Gasteiger partial charge in [0.2, 0.25) is 0 Å². The van der Waals surface area contributed by atoms with Crippen LogP contribution >= 0.6 is 0 Å². The molecule has 3 saturated heterocycles. The maximum Gasteiger partial charge on any atom is 0.00541 e. The fourth-order valence-electron chi connectivity index (χ4n) is 5.11. The van der Waals surface area contributed by atoms with Gasteiger partial charge in [0.1, 0.15) is 0 Å². The van der Waals surface area contributed by atoms with Crippen LogP contribution in [0.2, 0.25) is 0 Å². The van der Waals surface area contributed by atoms with Crippen LogP contribution < -0.4 is 0 Å². The molecule has 3 heterocycles. The molecule has 0 bridgehead atoms. The Morgan fingerprint density at radius 3 is 1.37 bits per heavy atom. The van der Waals surface area contributed by atoms with Gasteiger partial charge in [0, 0.05) is 31.2 Å². The molecule has 0 saturated carbocycles. The lowest BCUT2D eigenvalue weighted by atomic mass is 9.71. The second-order valence-electron chi connectivity index (χ2n) is 10.8. The molecule has 0 unspecified atom stereocenters. The van der Waals surface area contributed by atoms with Crippen molar-refractivity contribution in [3.05, 3.63) is 0 Å². The minimum Gasteiger partial charge on any atom is -0.301 e. The van der Waals surface area contributed by atoms with Crippen LogP contribution in [0.15, 0.2) is 0 Å². The highest BCUT2D eigenvalue weighted by molar-refractivity contribution is 4.99. The molecule has 0 aliphatic carbocycles. The van der Waals surface area contributed by atoms with E-state index in [1.165, 1.54) is 65.0 Å². The van der Waals surface area contributed by atoms with Crippen molar-refractivity contribution < 1.29 is 0 Å². The predicted octanol–water partition coefficient (Wildman–Crippen LogP) is 4.96. The summed E-state index contributed by atoms with van der Waals surface area (Å²) in [5, 5.41) is 0. The van der Waals surface area contributed by atoms with Crippen LogP contribution in [-0.2, 0) is 0 Å². The van der Waals surface area contributed by atoms with Crippen molar-refractivity contribution in [1.29, 1.82) is 0 Å². The Morgan fingerprint density at radius 1 is 0.593 bits per heavy atom. The second-order valence-corrected chi connectivity index (χ2v) is 10.8. The molecule has 0 amide bonds. The van der Waals surface area contributed by atoms with Crippen molar-refractivity contribution >= 4 is 0 Å². The Bertz CT molecular complexity index is 389. The largest absolute Gasteiger partial charge is 0.301 e. The molecule has 3 rings (SSSR count). The van der Waals surface area contributed by atoms with Crippen LogP contribution in [-0.4, -0.2) is 72.1 Å². The van der Waals surface area contributed by atoms with Gasteiger partial charge in [-0.25, -0.2) is 0 Å². The van der Waals surface area contributed by atoms with Crippen LogP contribution in [0.5, 0.6) is 0 Å². The molecule has 160 valence electrons. The maximum atomic E-state index is 2.63. The minimum atomic E-state index is 0.704. The molecule has 3 heteroatoms. The number of piperidine rings is 2. The highest BCUT2D eigenvalue weighted by Crippen LogP contribution is 2.41. The third-order valence-corrected chi connectivity index (χ3v) is 7.64. The first kappa shape index (κ1) is 23.2. The average molecular weight is 380 g/mol. The first-order valence-corrected chi connectivity index (χ1v) is 11.9. The predicted molar refractivity (Wildman–Crippen MR) is 119 cm³/mol. The zero-order valence-corrected chi connectivity index (χ0v) is 19.8. The highest BCUT2D eigenvalue weighted by atomic mass is 15.2. The van der Waals surface area contributed by atoms with Crippen LogP contribution in [0, 0.1) is 17.3 Å². The zero-order chi connectivity index (χ0) is 20.2. The number of rotatable bonds is 4. The molecule has 0 radical (unpaired) electrons. The zero-order valence-electron chi connectivity index (χ0n) is 19.8. The monoisotopic (exact) mass is 379 g/mol. The van der Waals surface area contributed by atoms with Gasteiger partial charge >= 0.3 is 0 Å². The van der Waals surface area contributed by atoms with Crippen molar-refractivity contribution in [1.82, 2.24) is 14.7 Å². The van der Waals surface area contributed by atoms with Gasteiger partial charge in [0.05, 0.1) is 0 Å². The molecule has 1 spiro atoms. The lowest BCUT2D eigenvalue weighted by Crippen LogP contribution is -2.62. The average Bonchev–Trinajstić information content (AvgIpc) is 2.60. The Balaban J connectivity index is 0.000000199. The molecule has 27 heavy (non-hydrogen) atoms. The third kappa shape index (κ3) is 6.44. The second kappa shape index (κ2) is 10.1. The van der Waals surface area contributed by atoms with Crippen LogP contribution in [0.1, 0.15) is 81.1 Å². The van der Waals surface area contributed by atoms with E-state index in [9.17, 15) is 0 Å². The molecular formula is C24H49N3. The van der Waals surface area contributed by atoms with Gasteiger partial charge in [0.25, 0.3) is 0 Å². The Morgan fingerprint density at radius 2 is 1.00 bits per heavy atom. The molecule has 3 fully saturated rings. The van der Waals surface area contributed by atoms with Crippen LogP contribution in [0.25, 0.3) is 0 Å². The van der Waals surface area contributed by atoms with Crippen molar-refractivity contribution in [3.63, 3.8) is 0 Å². The number of nitrogens with zero attached hydrogens (tertiary/aromatic N) is 3. The highest BCUT2D eigenvalue weighted by Gasteiger charge is 2.45. The van der Waals surface area contributed by atoms with Gasteiger partial charge in [-0.05, 0) is 111 Å². The van der Waals surface area contributed by atoms with Crippen molar-refractivity contribution in [2.75, 3.05) is 39.3 Å².